The van der Waals surface area contributed by atoms with Gasteiger partial charge in [-0.15, -0.1) is 0 Å². The van der Waals surface area contributed by atoms with E-state index >= 15 is 0 Å². The van der Waals surface area contributed by atoms with Gasteiger partial charge >= 0.3 is 47.8 Å². The van der Waals surface area contributed by atoms with Crippen LogP contribution < -0.4 is 0 Å². The first kappa shape index (κ1) is 40.2. The van der Waals surface area contributed by atoms with Crippen molar-refractivity contribution < 1.29 is 85.7 Å². The van der Waals surface area contributed by atoms with Crippen molar-refractivity contribution in [3.8, 4) is 6.07 Å². The van der Waals surface area contributed by atoms with Crippen molar-refractivity contribution in [3.05, 3.63) is 0 Å². The molecule has 1 aliphatic heterocycles. The van der Waals surface area contributed by atoms with Gasteiger partial charge in [-0.2, -0.15) is 5.26 Å². The number of carbonyl (C=O) groups is 8. The van der Waals surface area contributed by atoms with Crippen molar-refractivity contribution >= 4 is 47.8 Å². The number of rotatable bonds is 15. The third-order valence-electron chi connectivity index (χ3n) is 5.70. The highest BCUT2D eigenvalue weighted by Crippen LogP contribution is 2.31. The molecule has 1 saturated heterocycles. The summed E-state index contributed by atoms with van der Waals surface area (Å²) in [6.07, 6.45) is -15.4. The van der Waals surface area contributed by atoms with E-state index in [1.807, 2.05) is 0 Å². The van der Waals surface area contributed by atoms with E-state index in [0.29, 0.717) is 0 Å². The molecule has 0 bridgehead atoms. The first-order valence-corrected chi connectivity index (χ1v) is 13.9. The summed E-state index contributed by atoms with van der Waals surface area (Å²) in [5, 5.41) is 9.68. The molecule has 1 rings (SSSR count). The van der Waals surface area contributed by atoms with E-state index in [2.05, 4.69) is 0 Å². The molecular formula is C28H37NO18. The van der Waals surface area contributed by atoms with Gasteiger partial charge in [-0.3, -0.25) is 38.4 Å². The van der Waals surface area contributed by atoms with E-state index < -0.39 is 116 Å². The second-order valence-corrected chi connectivity index (χ2v) is 9.86. The average molecular weight is 676 g/mol. The molecule has 0 aliphatic carbocycles. The van der Waals surface area contributed by atoms with Crippen molar-refractivity contribution in [2.75, 3.05) is 13.2 Å². The normalized spacial score (nSPS) is 22.7. The summed E-state index contributed by atoms with van der Waals surface area (Å²) < 4.78 is 53.2. The Bertz CT molecular complexity index is 1230. The molecule has 0 radical (unpaired) electrons. The van der Waals surface area contributed by atoms with Crippen molar-refractivity contribution in [1.29, 1.82) is 5.26 Å². The summed E-state index contributed by atoms with van der Waals surface area (Å²) in [5.41, 5.74) is 0. The molecule has 0 aromatic rings. The van der Waals surface area contributed by atoms with Crippen molar-refractivity contribution in [1.82, 2.24) is 0 Å². The second-order valence-electron chi connectivity index (χ2n) is 9.86. The monoisotopic (exact) mass is 675 g/mol. The Morgan fingerprint density at radius 1 is 0.596 bits per heavy atom. The summed E-state index contributed by atoms with van der Waals surface area (Å²) >= 11 is 0. The van der Waals surface area contributed by atoms with Crippen LogP contribution in [0.1, 0.15) is 55.4 Å². The minimum atomic E-state index is -1.88. The fourth-order valence-corrected chi connectivity index (χ4v) is 4.31. The van der Waals surface area contributed by atoms with Gasteiger partial charge in [0.2, 0.25) is 6.10 Å². The Morgan fingerprint density at radius 2 is 1.06 bits per heavy atom. The third kappa shape index (κ3) is 14.0. The molecule has 19 heteroatoms. The molecule has 0 aromatic heterocycles. The molecule has 0 N–H and O–H groups in total. The van der Waals surface area contributed by atoms with Gasteiger partial charge in [0.15, 0.2) is 42.9 Å². The zero-order chi connectivity index (χ0) is 36.0. The highest BCUT2D eigenvalue weighted by atomic mass is 16.7. The lowest BCUT2D eigenvalue weighted by atomic mass is 9.98. The molecule has 1 aliphatic rings. The quantitative estimate of drug-likeness (QED) is 0.154. The predicted molar refractivity (Wildman–Crippen MR) is 146 cm³/mol. The molecule has 262 valence electrons. The molecule has 0 unspecified atom stereocenters. The summed E-state index contributed by atoms with van der Waals surface area (Å²) in [5.74, 6) is -7.49. The van der Waals surface area contributed by atoms with E-state index in [-0.39, 0.29) is 0 Å². The zero-order valence-corrected chi connectivity index (χ0v) is 26.9. The van der Waals surface area contributed by atoms with Crippen LogP contribution in [0.3, 0.4) is 0 Å². The third-order valence-corrected chi connectivity index (χ3v) is 5.70. The predicted octanol–water partition coefficient (Wildman–Crippen LogP) is -0.664. The van der Waals surface area contributed by atoms with Gasteiger partial charge in [0.25, 0.3) is 0 Å². The first-order chi connectivity index (χ1) is 21.9. The van der Waals surface area contributed by atoms with Crippen LogP contribution in [-0.2, 0) is 85.7 Å². The minimum Gasteiger partial charge on any atom is -0.463 e. The number of hydrogen-bond acceptors (Lipinski definition) is 19. The van der Waals surface area contributed by atoms with Crippen molar-refractivity contribution in [2.24, 2.45) is 0 Å². The molecule has 0 saturated carbocycles. The van der Waals surface area contributed by atoms with Crippen LogP contribution in [0, 0.1) is 11.3 Å². The van der Waals surface area contributed by atoms with Gasteiger partial charge in [-0.05, 0) is 0 Å². The van der Waals surface area contributed by atoms with E-state index in [1.165, 1.54) is 0 Å². The standard InChI is InChI=1S/C28H37NO18/c1-12(30)38-10-22-25(44-17(6)35)26(45-18(7)36)27(46-19(8)37)28(47-22)39-11-21(41-14(3)32)24(43-16(5)34)23(42-15(4)33)20(9-29)40-13(2)31/h20-28H,10-11H2,1-8H3/t20-,21+,22-,23-,24+,25+,26+,27+,28-/m1/s1. The number of hydrogen-bond donors (Lipinski definition) is 0. The van der Waals surface area contributed by atoms with Crippen molar-refractivity contribution in [2.45, 2.75) is 111 Å². The van der Waals surface area contributed by atoms with Crippen molar-refractivity contribution in [3.63, 3.8) is 0 Å². The lowest BCUT2D eigenvalue weighted by Gasteiger charge is -2.44. The SMILES string of the molecule is CC(=O)OC[C@H]1O[C@@H](OC[C@H](OC(C)=O)[C@H](OC(C)=O)[C@H](OC(C)=O)[C@@H](C#N)OC(C)=O)[C@@H](OC(C)=O)[C@@H](OC(C)=O)[C@H]1OC(C)=O. The Labute approximate surface area is 268 Å². The molecule has 0 spiro atoms. The lowest BCUT2D eigenvalue weighted by Crippen LogP contribution is -2.63. The molecule has 0 amide bonds. The first-order valence-electron chi connectivity index (χ1n) is 13.9. The fraction of sp³-hybridized carbons (Fsp3) is 0.679. The molecule has 1 heterocycles. The van der Waals surface area contributed by atoms with Crippen LogP contribution in [0.4, 0.5) is 0 Å². The largest absolute Gasteiger partial charge is 0.463 e. The minimum absolute atomic E-state index is 0.581. The van der Waals surface area contributed by atoms with Crippen LogP contribution in [0.25, 0.3) is 0 Å². The summed E-state index contributed by atoms with van der Waals surface area (Å²) in [4.78, 5) is 95.7. The van der Waals surface area contributed by atoms with E-state index in [1.54, 1.807) is 6.07 Å². The smallest absolute Gasteiger partial charge is 0.304 e. The fourth-order valence-electron chi connectivity index (χ4n) is 4.31. The summed E-state index contributed by atoms with van der Waals surface area (Å²) in [7, 11) is 0. The van der Waals surface area contributed by atoms with Crippen LogP contribution in [0.5, 0.6) is 0 Å². The van der Waals surface area contributed by atoms with Gasteiger partial charge in [0.05, 0.1) is 6.61 Å². The average Bonchev–Trinajstić information content (AvgIpc) is 2.92. The molecule has 1 fully saturated rings. The van der Waals surface area contributed by atoms with E-state index in [4.69, 9.17) is 47.4 Å². The Kier molecular flexibility index (Phi) is 16.2. The van der Waals surface area contributed by atoms with Crippen LogP contribution in [0.15, 0.2) is 0 Å². The van der Waals surface area contributed by atoms with Gasteiger partial charge in [0, 0.05) is 55.4 Å². The van der Waals surface area contributed by atoms with Crippen LogP contribution in [0.2, 0.25) is 0 Å². The Morgan fingerprint density at radius 3 is 1.51 bits per heavy atom. The maximum atomic E-state index is 12.2. The number of nitrogens with zero attached hydrogens (tertiary/aromatic N) is 1. The molecule has 0 aromatic carbocycles. The molecular weight excluding hydrogens is 638 g/mol. The lowest BCUT2D eigenvalue weighted by molar-refractivity contribution is -0.313. The topological polar surface area (TPSA) is 253 Å². The maximum Gasteiger partial charge on any atom is 0.304 e. The van der Waals surface area contributed by atoms with Gasteiger partial charge in [-0.1, -0.05) is 0 Å². The maximum absolute atomic E-state index is 12.2. The molecule has 19 nitrogen and oxygen atoms in total. The van der Waals surface area contributed by atoms with Gasteiger partial charge < -0.3 is 47.4 Å². The highest BCUT2D eigenvalue weighted by molar-refractivity contribution is 5.70. The highest BCUT2D eigenvalue weighted by Gasteiger charge is 2.53. The van der Waals surface area contributed by atoms with E-state index in [9.17, 15) is 43.6 Å². The number of ether oxygens (including phenoxy) is 10. The van der Waals surface area contributed by atoms with E-state index in [0.717, 1.165) is 55.4 Å². The van der Waals surface area contributed by atoms with Crippen LogP contribution >= 0.6 is 0 Å². The number of carbonyl (C=O) groups excluding carboxylic acids is 8. The summed E-state index contributed by atoms with van der Waals surface area (Å²) in [6, 6.07) is 1.60. The Hall–Kier alpha value is -4.83. The molecule has 47 heavy (non-hydrogen) atoms. The number of esters is 8. The molecule has 9 atom stereocenters. The zero-order valence-electron chi connectivity index (χ0n) is 26.9. The van der Waals surface area contributed by atoms with Crippen LogP contribution in [-0.4, -0.2) is 116 Å². The number of nitriles is 1. The van der Waals surface area contributed by atoms with Gasteiger partial charge in [-0.25, -0.2) is 0 Å². The second kappa shape index (κ2) is 19.0. The Balaban J connectivity index is 3.70. The van der Waals surface area contributed by atoms with Gasteiger partial charge in [0.1, 0.15) is 18.8 Å². The summed E-state index contributed by atoms with van der Waals surface area (Å²) in [6.45, 7) is 6.47.